The van der Waals surface area contributed by atoms with Crippen LogP contribution in [0.1, 0.15) is 11.3 Å². The summed E-state index contributed by atoms with van der Waals surface area (Å²) in [6, 6.07) is 13.2. The van der Waals surface area contributed by atoms with E-state index in [1.807, 2.05) is 54.4 Å². The number of halogens is 1. The predicted octanol–water partition coefficient (Wildman–Crippen LogP) is 3.43. The number of pyridine rings is 1. The monoisotopic (exact) mass is 383 g/mol. The third-order valence-electron chi connectivity index (χ3n) is 4.09. The number of hydroxylamine groups is 1. The Morgan fingerprint density at radius 1 is 1.19 bits per heavy atom. The number of benzene rings is 1. The van der Waals surface area contributed by atoms with Crippen LogP contribution in [0.4, 0.5) is 0 Å². The van der Waals surface area contributed by atoms with Crippen molar-refractivity contribution in [2.24, 2.45) is 5.10 Å². The summed E-state index contributed by atoms with van der Waals surface area (Å²) >= 11 is 6.02. The Kier molecular flexibility index (Phi) is 5.04. The van der Waals surface area contributed by atoms with Crippen molar-refractivity contribution in [2.45, 2.75) is 6.42 Å². The molecule has 0 radical (unpaired) electrons. The van der Waals surface area contributed by atoms with E-state index in [1.54, 1.807) is 17.6 Å². The van der Waals surface area contributed by atoms with Crippen LogP contribution in [0, 0.1) is 0 Å². The number of hydrogen-bond acceptors (Lipinski definition) is 7. The van der Waals surface area contributed by atoms with Gasteiger partial charge in [-0.25, -0.2) is 0 Å². The number of amidine groups is 1. The van der Waals surface area contributed by atoms with E-state index in [4.69, 9.17) is 21.0 Å². The topological polar surface area (TPSA) is 67.0 Å². The van der Waals surface area contributed by atoms with Gasteiger partial charge in [-0.3, -0.25) is 9.82 Å². The second-order valence-corrected chi connectivity index (χ2v) is 6.57. The van der Waals surface area contributed by atoms with Crippen LogP contribution < -0.4 is 0 Å². The van der Waals surface area contributed by atoms with Gasteiger partial charge in [0.25, 0.3) is 0 Å². The minimum absolute atomic E-state index is 0.444. The molecule has 8 heteroatoms. The fourth-order valence-electron chi connectivity index (χ4n) is 2.77. The summed E-state index contributed by atoms with van der Waals surface area (Å²) in [6.45, 7) is 0.996. The second-order valence-electron chi connectivity index (χ2n) is 6.13. The Balaban J connectivity index is 1.34. The first kappa shape index (κ1) is 17.5. The van der Waals surface area contributed by atoms with Gasteiger partial charge in [-0.15, -0.1) is 5.10 Å². The summed E-state index contributed by atoms with van der Waals surface area (Å²) in [5, 5.41) is 10.8. The molecule has 2 aromatic heterocycles. The normalized spacial score (nSPS) is 13.9. The van der Waals surface area contributed by atoms with Crippen LogP contribution in [0.5, 0.6) is 0 Å². The maximum Gasteiger partial charge on any atom is 0.167 e. The number of rotatable bonds is 6. The third kappa shape index (κ3) is 4.10. The largest absolute Gasteiger partial charge is 0.356 e. The molecule has 27 heavy (non-hydrogen) atoms. The van der Waals surface area contributed by atoms with Gasteiger partial charge in [0.05, 0.1) is 12.3 Å². The van der Waals surface area contributed by atoms with Crippen molar-refractivity contribution in [1.82, 2.24) is 20.2 Å². The van der Waals surface area contributed by atoms with E-state index in [1.165, 1.54) is 0 Å². The second kappa shape index (κ2) is 7.77. The Bertz CT molecular complexity index is 944. The van der Waals surface area contributed by atoms with Crippen LogP contribution in [-0.4, -0.2) is 46.4 Å². The van der Waals surface area contributed by atoms with Gasteiger partial charge in [-0.1, -0.05) is 28.9 Å². The van der Waals surface area contributed by atoms with E-state index < -0.39 is 0 Å². The lowest BCUT2D eigenvalue weighted by atomic mass is 10.1. The Morgan fingerprint density at radius 3 is 2.89 bits per heavy atom. The molecule has 0 aliphatic carbocycles. The first-order valence-corrected chi connectivity index (χ1v) is 8.89. The van der Waals surface area contributed by atoms with Crippen molar-refractivity contribution in [1.29, 1.82) is 0 Å². The van der Waals surface area contributed by atoms with Crippen LogP contribution in [0.15, 0.2) is 64.5 Å². The molecule has 0 saturated carbocycles. The molecule has 0 bridgehead atoms. The van der Waals surface area contributed by atoms with Gasteiger partial charge in [-0.05, 0) is 24.3 Å². The number of hydrogen-bond donors (Lipinski definition) is 0. The number of nitrogens with zero attached hydrogens (tertiary/aromatic N) is 5. The molecule has 0 spiro atoms. The zero-order chi connectivity index (χ0) is 18.6. The summed E-state index contributed by atoms with van der Waals surface area (Å²) < 4.78 is 5.40. The molecule has 1 aliphatic heterocycles. The highest BCUT2D eigenvalue weighted by Crippen LogP contribution is 2.23. The molecule has 7 nitrogen and oxygen atoms in total. The Morgan fingerprint density at radius 2 is 2.07 bits per heavy atom. The summed E-state index contributed by atoms with van der Waals surface area (Å²) in [5.74, 6) is 1.51. The van der Waals surface area contributed by atoms with Crippen molar-refractivity contribution in [2.75, 3.05) is 20.3 Å². The average molecular weight is 384 g/mol. The molecule has 0 atom stereocenters. The van der Waals surface area contributed by atoms with Crippen LogP contribution in [0.3, 0.4) is 0 Å². The van der Waals surface area contributed by atoms with Gasteiger partial charge in [0, 0.05) is 48.1 Å². The molecule has 3 heterocycles. The maximum atomic E-state index is 6.02. The van der Waals surface area contributed by atoms with Crippen LogP contribution in [0.2, 0.25) is 5.02 Å². The van der Waals surface area contributed by atoms with Gasteiger partial charge in [0.2, 0.25) is 0 Å². The van der Waals surface area contributed by atoms with Crippen molar-refractivity contribution < 1.29 is 9.36 Å². The summed E-state index contributed by atoms with van der Waals surface area (Å²) in [4.78, 5) is 11.9. The van der Waals surface area contributed by atoms with E-state index in [2.05, 4.69) is 15.2 Å². The number of aromatic nitrogens is 2. The Labute approximate surface area is 161 Å². The zero-order valence-corrected chi connectivity index (χ0v) is 15.5. The molecule has 0 N–H and O–H groups in total. The van der Waals surface area contributed by atoms with E-state index in [0.717, 1.165) is 22.7 Å². The molecule has 0 amide bonds. The van der Waals surface area contributed by atoms with Crippen LogP contribution >= 0.6 is 11.6 Å². The fraction of sp³-hybridized carbons (Fsp3) is 0.211. The molecule has 1 aliphatic rings. The first-order valence-electron chi connectivity index (χ1n) is 8.51. The van der Waals surface area contributed by atoms with Gasteiger partial charge < -0.3 is 9.42 Å². The molecule has 0 fully saturated rings. The van der Waals surface area contributed by atoms with E-state index in [-0.39, 0.29) is 0 Å². The Hall–Kier alpha value is -2.90. The average Bonchev–Trinajstić information content (AvgIpc) is 3.29. The SMILES string of the molecule is CN1CN(OCCc2cc(-c3cccc(Cl)c3)on2)N=C1c1cccnc1. The molecule has 138 valence electrons. The summed E-state index contributed by atoms with van der Waals surface area (Å²) in [6.07, 6.45) is 4.14. The van der Waals surface area contributed by atoms with Gasteiger partial charge in [0.15, 0.2) is 11.6 Å². The predicted molar refractivity (Wildman–Crippen MR) is 102 cm³/mol. The van der Waals surface area contributed by atoms with Gasteiger partial charge in [-0.2, -0.15) is 5.17 Å². The van der Waals surface area contributed by atoms with Gasteiger partial charge in [0.1, 0.15) is 6.67 Å². The highest BCUT2D eigenvalue weighted by atomic mass is 35.5. The molecular formula is C19H18ClN5O2. The van der Waals surface area contributed by atoms with E-state index in [9.17, 15) is 0 Å². The molecule has 0 saturated heterocycles. The van der Waals surface area contributed by atoms with Crippen molar-refractivity contribution >= 4 is 17.4 Å². The lowest BCUT2D eigenvalue weighted by molar-refractivity contribution is -0.162. The summed E-state index contributed by atoms with van der Waals surface area (Å²) in [5.41, 5.74) is 2.66. The van der Waals surface area contributed by atoms with Crippen LogP contribution in [-0.2, 0) is 11.3 Å². The highest BCUT2D eigenvalue weighted by Gasteiger charge is 2.21. The minimum Gasteiger partial charge on any atom is -0.356 e. The standard InChI is InChI=1S/C19H18ClN5O2/c1-24-13-25(22-19(24)15-5-3-8-21-12-15)26-9-7-17-11-18(27-23-17)14-4-2-6-16(20)10-14/h2-6,8,10-12H,7,9,13H2,1H3. The van der Waals surface area contributed by atoms with Gasteiger partial charge >= 0.3 is 0 Å². The highest BCUT2D eigenvalue weighted by molar-refractivity contribution is 6.30. The first-order chi connectivity index (χ1) is 13.2. The maximum absolute atomic E-state index is 6.02. The third-order valence-corrected chi connectivity index (χ3v) is 4.32. The fourth-order valence-corrected chi connectivity index (χ4v) is 2.96. The molecule has 0 unspecified atom stereocenters. The molecule has 1 aromatic carbocycles. The quantitative estimate of drug-likeness (QED) is 0.649. The number of hydrazone groups is 1. The smallest absolute Gasteiger partial charge is 0.167 e. The van der Waals surface area contributed by atoms with Crippen molar-refractivity contribution in [3.05, 3.63) is 71.1 Å². The molecular weight excluding hydrogens is 366 g/mol. The van der Waals surface area contributed by atoms with Crippen LogP contribution in [0.25, 0.3) is 11.3 Å². The molecule has 4 rings (SSSR count). The lowest BCUT2D eigenvalue weighted by Crippen LogP contribution is -2.28. The van der Waals surface area contributed by atoms with Crippen molar-refractivity contribution in [3.8, 4) is 11.3 Å². The lowest BCUT2D eigenvalue weighted by Gasteiger charge is -2.15. The zero-order valence-electron chi connectivity index (χ0n) is 14.7. The van der Waals surface area contributed by atoms with E-state index in [0.29, 0.717) is 30.5 Å². The minimum atomic E-state index is 0.444. The van der Waals surface area contributed by atoms with E-state index >= 15 is 0 Å². The summed E-state index contributed by atoms with van der Waals surface area (Å²) in [7, 11) is 1.96. The van der Waals surface area contributed by atoms with Crippen molar-refractivity contribution in [3.63, 3.8) is 0 Å². The molecule has 3 aromatic rings.